The number of unbranched alkanes of at least 4 members (excludes halogenated alkanes) is 1. The summed E-state index contributed by atoms with van der Waals surface area (Å²) < 4.78 is 0. The van der Waals surface area contributed by atoms with Crippen LogP contribution in [-0.4, -0.2) is 34.2 Å². The van der Waals surface area contributed by atoms with Crippen LogP contribution in [0.4, 0.5) is 0 Å². The minimum absolute atomic E-state index is 0.212. The van der Waals surface area contributed by atoms with Crippen LogP contribution in [0, 0.1) is 5.92 Å². The molecule has 0 aliphatic carbocycles. The summed E-state index contributed by atoms with van der Waals surface area (Å²) in [5.41, 5.74) is 0. The first-order chi connectivity index (χ1) is 7.88. The van der Waals surface area contributed by atoms with Crippen LogP contribution in [0.2, 0.25) is 0 Å². The monoisotopic (exact) mass is 245 g/mol. The largest absolute Gasteiger partial charge is 0.480 e. The van der Waals surface area contributed by atoms with Gasteiger partial charge < -0.3 is 10.2 Å². The zero-order valence-electron chi connectivity index (χ0n) is 10.8. The van der Waals surface area contributed by atoms with E-state index >= 15 is 0 Å². The number of carbonyl (C=O) groups is 2. The molecule has 17 heavy (non-hydrogen) atoms. The highest BCUT2D eigenvalue weighted by Crippen LogP contribution is 2.08. The summed E-state index contributed by atoms with van der Waals surface area (Å²) in [6.07, 6.45) is 2.57. The van der Waals surface area contributed by atoms with Crippen molar-refractivity contribution < 1.29 is 19.8 Å². The lowest BCUT2D eigenvalue weighted by Crippen LogP contribution is -2.47. The second-order valence-electron chi connectivity index (χ2n) is 4.72. The van der Waals surface area contributed by atoms with Crippen molar-refractivity contribution in [3.05, 3.63) is 0 Å². The zero-order chi connectivity index (χ0) is 13.4. The summed E-state index contributed by atoms with van der Waals surface area (Å²) in [6, 6.07) is -1.55. The Bertz CT molecular complexity index is 253. The number of aliphatic carboxylic acids is 2. The standard InChI is InChI=1S/C12H23NO4/c1-4-5-6-9(11(14)15)13-10(12(16)17)7-8(2)3/h8-10,13H,4-7H2,1-3H3,(H,14,15)(H,16,17). The maximum absolute atomic E-state index is 11.0. The molecule has 0 aromatic heterocycles. The summed E-state index contributed by atoms with van der Waals surface area (Å²) >= 11 is 0. The molecule has 5 heteroatoms. The van der Waals surface area contributed by atoms with Crippen molar-refractivity contribution in [3.63, 3.8) is 0 Å². The molecule has 0 radical (unpaired) electrons. The Hall–Kier alpha value is -1.10. The normalized spacial score (nSPS) is 14.6. The molecule has 0 spiro atoms. The Morgan fingerprint density at radius 1 is 1.12 bits per heavy atom. The van der Waals surface area contributed by atoms with E-state index in [4.69, 9.17) is 10.2 Å². The van der Waals surface area contributed by atoms with Gasteiger partial charge in [-0.3, -0.25) is 14.9 Å². The molecule has 5 nitrogen and oxygen atoms in total. The molecule has 0 heterocycles. The van der Waals surface area contributed by atoms with E-state index in [1.165, 1.54) is 0 Å². The van der Waals surface area contributed by atoms with Crippen LogP contribution >= 0.6 is 0 Å². The third-order valence-electron chi connectivity index (χ3n) is 2.55. The number of hydrogen-bond donors (Lipinski definition) is 3. The molecule has 0 amide bonds. The van der Waals surface area contributed by atoms with Gasteiger partial charge in [-0.05, 0) is 18.8 Å². The molecule has 0 aromatic rings. The summed E-state index contributed by atoms with van der Waals surface area (Å²) in [4.78, 5) is 22.0. The van der Waals surface area contributed by atoms with Crippen LogP contribution in [0.1, 0.15) is 46.5 Å². The lowest BCUT2D eigenvalue weighted by molar-refractivity contribution is -0.143. The number of hydrogen-bond acceptors (Lipinski definition) is 3. The molecule has 0 saturated carbocycles. The highest BCUT2D eigenvalue weighted by atomic mass is 16.4. The molecule has 0 aliphatic rings. The maximum Gasteiger partial charge on any atom is 0.320 e. The number of carboxylic acid groups (broad SMARTS) is 2. The quantitative estimate of drug-likeness (QED) is 0.575. The maximum atomic E-state index is 11.0. The van der Waals surface area contributed by atoms with E-state index in [-0.39, 0.29) is 5.92 Å². The molecule has 2 atom stereocenters. The molecule has 0 rings (SSSR count). The van der Waals surface area contributed by atoms with Crippen LogP contribution in [0.15, 0.2) is 0 Å². The molecule has 3 N–H and O–H groups in total. The van der Waals surface area contributed by atoms with Gasteiger partial charge in [0.15, 0.2) is 0 Å². The van der Waals surface area contributed by atoms with Crippen molar-refractivity contribution in [3.8, 4) is 0 Å². The van der Waals surface area contributed by atoms with Crippen molar-refractivity contribution >= 4 is 11.9 Å². The fourth-order valence-electron chi connectivity index (χ4n) is 1.64. The van der Waals surface area contributed by atoms with Crippen LogP contribution in [0.3, 0.4) is 0 Å². The van der Waals surface area contributed by atoms with Gasteiger partial charge in [-0.1, -0.05) is 33.6 Å². The minimum atomic E-state index is -0.985. The van der Waals surface area contributed by atoms with Crippen LogP contribution in [0.25, 0.3) is 0 Å². The first kappa shape index (κ1) is 15.9. The highest BCUT2D eigenvalue weighted by Gasteiger charge is 2.25. The highest BCUT2D eigenvalue weighted by molar-refractivity contribution is 5.77. The van der Waals surface area contributed by atoms with Gasteiger partial charge in [0.25, 0.3) is 0 Å². The van der Waals surface area contributed by atoms with Crippen molar-refractivity contribution in [1.29, 1.82) is 0 Å². The Morgan fingerprint density at radius 3 is 2.00 bits per heavy atom. The zero-order valence-corrected chi connectivity index (χ0v) is 10.8. The van der Waals surface area contributed by atoms with Gasteiger partial charge >= 0.3 is 11.9 Å². The van der Waals surface area contributed by atoms with Crippen molar-refractivity contribution in [1.82, 2.24) is 5.32 Å². The molecule has 0 bridgehead atoms. The number of nitrogens with one attached hydrogen (secondary N) is 1. The van der Waals surface area contributed by atoms with E-state index in [0.29, 0.717) is 12.8 Å². The molecule has 0 saturated heterocycles. The van der Waals surface area contributed by atoms with Crippen LogP contribution in [-0.2, 0) is 9.59 Å². The molecule has 100 valence electrons. The van der Waals surface area contributed by atoms with Gasteiger partial charge in [-0.15, -0.1) is 0 Å². The second kappa shape index (κ2) is 8.06. The summed E-state index contributed by atoms with van der Waals surface area (Å²) in [5, 5.41) is 20.8. The fraction of sp³-hybridized carbons (Fsp3) is 0.833. The average Bonchev–Trinajstić information content (AvgIpc) is 2.21. The first-order valence-electron chi connectivity index (χ1n) is 6.10. The SMILES string of the molecule is CCCCC(NC(CC(C)C)C(=O)O)C(=O)O. The van der Waals surface area contributed by atoms with Gasteiger partial charge in [0.1, 0.15) is 12.1 Å². The Balaban J connectivity index is 4.45. The van der Waals surface area contributed by atoms with Gasteiger partial charge in [0, 0.05) is 0 Å². The number of rotatable bonds is 9. The third-order valence-corrected chi connectivity index (χ3v) is 2.55. The van der Waals surface area contributed by atoms with Crippen molar-refractivity contribution in [2.75, 3.05) is 0 Å². The van der Waals surface area contributed by atoms with Crippen LogP contribution in [0.5, 0.6) is 0 Å². The predicted molar refractivity (Wildman–Crippen MR) is 65.0 cm³/mol. The minimum Gasteiger partial charge on any atom is -0.480 e. The average molecular weight is 245 g/mol. The Kier molecular flexibility index (Phi) is 7.54. The smallest absolute Gasteiger partial charge is 0.320 e. The Morgan fingerprint density at radius 2 is 1.65 bits per heavy atom. The van der Waals surface area contributed by atoms with Gasteiger partial charge in [-0.2, -0.15) is 0 Å². The third kappa shape index (κ3) is 6.94. The second-order valence-corrected chi connectivity index (χ2v) is 4.72. The van der Waals surface area contributed by atoms with Crippen molar-refractivity contribution in [2.24, 2.45) is 5.92 Å². The van der Waals surface area contributed by atoms with Crippen LogP contribution < -0.4 is 5.32 Å². The van der Waals surface area contributed by atoms with Crippen molar-refractivity contribution in [2.45, 2.75) is 58.5 Å². The van der Waals surface area contributed by atoms with E-state index < -0.39 is 24.0 Å². The van der Waals surface area contributed by atoms with E-state index in [2.05, 4.69) is 5.32 Å². The first-order valence-corrected chi connectivity index (χ1v) is 6.10. The van der Waals surface area contributed by atoms with E-state index in [9.17, 15) is 9.59 Å². The molecular weight excluding hydrogens is 222 g/mol. The van der Waals surface area contributed by atoms with Gasteiger partial charge in [0.05, 0.1) is 0 Å². The number of carboxylic acids is 2. The van der Waals surface area contributed by atoms with Gasteiger partial charge in [0.2, 0.25) is 0 Å². The topological polar surface area (TPSA) is 86.6 Å². The molecule has 0 fully saturated rings. The van der Waals surface area contributed by atoms with E-state index in [1.807, 2.05) is 20.8 Å². The van der Waals surface area contributed by atoms with E-state index in [0.717, 1.165) is 12.8 Å². The summed E-state index contributed by atoms with van der Waals surface area (Å²) in [5.74, 6) is -1.75. The lowest BCUT2D eigenvalue weighted by atomic mass is 10.0. The molecule has 2 unspecified atom stereocenters. The van der Waals surface area contributed by atoms with Gasteiger partial charge in [-0.25, -0.2) is 0 Å². The summed E-state index contributed by atoms with van der Waals surface area (Å²) in [7, 11) is 0. The lowest BCUT2D eigenvalue weighted by Gasteiger charge is -2.21. The fourth-order valence-corrected chi connectivity index (χ4v) is 1.64. The predicted octanol–water partition coefficient (Wildman–Crippen LogP) is 1.72. The molecule has 0 aromatic carbocycles. The molecular formula is C12H23NO4. The molecule has 0 aliphatic heterocycles. The van der Waals surface area contributed by atoms with E-state index in [1.54, 1.807) is 0 Å². The summed E-state index contributed by atoms with van der Waals surface area (Å²) in [6.45, 7) is 5.81. The Labute approximate surface area is 102 Å².